The van der Waals surface area contributed by atoms with Crippen LogP contribution in [0.15, 0.2) is 30.3 Å². The van der Waals surface area contributed by atoms with Crippen molar-refractivity contribution < 1.29 is 4.74 Å². The molecule has 2 rings (SSSR count). The Bertz CT molecular complexity index is 311. The smallest absolute Gasteiger partial charge is 0.0810 e. The highest BCUT2D eigenvalue weighted by molar-refractivity contribution is 5.20. The fraction of sp³-hybridized carbons (Fsp3) is 0.538. The van der Waals surface area contributed by atoms with Gasteiger partial charge >= 0.3 is 0 Å². The van der Waals surface area contributed by atoms with Crippen molar-refractivity contribution in [3.05, 3.63) is 35.9 Å². The van der Waals surface area contributed by atoms with Gasteiger partial charge in [0.1, 0.15) is 0 Å². The van der Waals surface area contributed by atoms with Crippen LogP contribution in [-0.4, -0.2) is 12.7 Å². The van der Waals surface area contributed by atoms with Crippen LogP contribution in [0.3, 0.4) is 0 Å². The Balaban J connectivity index is 2.13. The Morgan fingerprint density at radius 2 is 2.06 bits per heavy atom. The second-order valence-electron chi connectivity index (χ2n) is 4.31. The lowest BCUT2D eigenvalue weighted by Crippen LogP contribution is -2.39. The average molecular weight is 220 g/mol. The minimum absolute atomic E-state index is 0.105. The van der Waals surface area contributed by atoms with Gasteiger partial charge in [0.15, 0.2) is 0 Å². The number of benzene rings is 1. The number of hydrogen-bond donors (Lipinski definition) is 2. The summed E-state index contributed by atoms with van der Waals surface area (Å²) in [7, 11) is 0. The van der Waals surface area contributed by atoms with E-state index in [1.165, 1.54) is 18.4 Å². The Kier molecular flexibility index (Phi) is 3.93. The van der Waals surface area contributed by atoms with Gasteiger partial charge in [0, 0.05) is 6.61 Å². The molecular formula is C13H20N2O. The lowest BCUT2D eigenvalue weighted by Gasteiger charge is -2.26. The molecule has 3 N–H and O–H groups in total. The molecule has 0 aromatic heterocycles. The van der Waals surface area contributed by atoms with E-state index in [9.17, 15) is 0 Å². The predicted molar refractivity (Wildman–Crippen MR) is 64.6 cm³/mol. The van der Waals surface area contributed by atoms with Gasteiger partial charge < -0.3 is 4.74 Å². The topological polar surface area (TPSA) is 47.3 Å². The van der Waals surface area contributed by atoms with Gasteiger partial charge in [-0.25, -0.2) is 0 Å². The molecule has 0 radical (unpaired) electrons. The van der Waals surface area contributed by atoms with Gasteiger partial charge in [0.05, 0.1) is 12.1 Å². The van der Waals surface area contributed by atoms with Crippen LogP contribution >= 0.6 is 0 Å². The molecule has 1 aromatic carbocycles. The van der Waals surface area contributed by atoms with Gasteiger partial charge in [-0.3, -0.25) is 11.3 Å². The Hall–Kier alpha value is -0.900. The van der Waals surface area contributed by atoms with Crippen molar-refractivity contribution in [1.29, 1.82) is 0 Å². The highest BCUT2D eigenvalue weighted by Gasteiger charge is 2.37. The highest BCUT2D eigenvalue weighted by Crippen LogP contribution is 2.39. The quantitative estimate of drug-likeness (QED) is 0.569. The van der Waals surface area contributed by atoms with E-state index in [4.69, 9.17) is 10.6 Å². The van der Waals surface area contributed by atoms with Crippen molar-refractivity contribution in [3.8, 4) is 0 Å². The van der Waals surface area contributed by atoms with E-state index in [-0.39, 0.29) is 12.1 Å². The van der Waals surface area contributed by atoms with E-state index < -0.39 is 0 Å². The van der Waals surface area contributed by atoms with Gasteiger partial charge in [-0.15, -0.1) is 0 Å². The molecule has 2 atom stereocenters. The van der Waals surface area contributed by atoms with Gasteiger partial charge in [-0.2, -0.15) is 0 Å². The van der Waals surface area contributed by atoms with Crippen molar-refractivity contribution in [1.82, 2.24) is 5.43 Å². The maximum atomic E-state index is 5.83. The van der Waals surface area contributed by atoms with Gasteiger partial charge in [-0.05, 0) is 31.2 Å². The molecule has 0 heterocycles. The second-order valence-corrected chi connectivity index (χ2v) is 4.31. The van der Waals surface area contributed by atoms with E-state index in [0.29, 0.717) is 5.92 Å². The largest absolute Gasteiger partial charge is 0.376 e. The minimum atomic E-state index is 0.105. The van der Waals surface area contributed by atoms with E-state index >= 15 is 0 Å². The molecular weight excluding hydrogens is 200 g/mol. The molecule has 0 aliphatic heterocycles. The summed E-state index contributed by atoms with van der Waals surface area (Å²) >= 11 is 0. The van der Waals surface area contributed by atoms with Gasteiger partial charge in [0.25, 0.3) is 0 Å². The van der Waals surface area contributed by atoms with Crippen molar-refractivity contribution >= 4 is 0 Å². The molecule has 3 nitrogen and oxygen atoms in total. The van der Waals surface area contributed by atoms with Crippen LogP contribution in [-0.2, 0) is 4.74 Å². The molecule has 2 unspecified atom stereocenters. The van der Waals surface area contributed by atoms with Crippen LogP contribution in [0.5, 0.6) is 0 Å². The number of nitrogens with two attached hydrogens (primary N) is 1. The van der Waals surface area contributed by atoms with E-state index in [1.54, 1.807) is 0 Å². The fourth-order valence-electron chi connectivity index (χ4n) is 2.16. The SMILES string of the molecule is CCOC(C1CC1)C(NN)c1ccccc1. The number of nitrogens with one attached hydrogen (secondary N) is 1. The summed E-state index contributed by atoms with van der Waals surface area (Å²) in [5, 5.41) is 0. The molecule has 1 aliphatic carbocycles. The average Bonchev–Trinajstić information content (AvgIpc) is 3.14. The third-order valence-electron chi connectivity index (χ3n) is 3.11. The zero-order valence-electron chi connectivity index (χ0n) is 9.73. The highest BCUT2D eigenvalue weighted by atomic mass is 16.5. The van der Waals surface area contributed by atoms with Crippen LogP contribution in [0.25, 0.3) is 0 Å². The Morgan fingerprint density at radius 1 is 1.38 bits per heavy atom. The molecule has 1 aromatic rings. The normalized spacial score (nSPS) is 19.4. The monoisotopic (exact) mass is 220 g/mol. The van der Waals surface area contributed by atoms with E-state index in [2.05, 4.69) is 17.6 Å². The van der Waals surface area contributed by atoms with Crippen molar-refractivity contribution in [3.63, 3.8) is 0 Å². The first-order chi connectivity index (χ1) is 7.86. The van der Waals surface area contributed by atoms with Gasteiger partial charge in [0.2, 0.25) is 0 Å². The third kappa shape index (κ3) is 2.61. The first-order valence-electron chi connectivity index (χ1n) is 5.99. The van der Waals surface area contributed by atoms with E-state index in [1.807, 2.05) is 25.1 Å². The molecule has 0 spiro atoms. The predicted octanol–water partition coefficient (Wildman–Crippen LogP) is 2.01. The molecule has 3 heteroatoms. The van der Waals surface area contributed by atoms with Gasteiger partial charge in [-0.1, -0.05) is 30.3 Å². The van der Waals surface area contributed by atoms with E-state index in [0.717, 1.165) is 6.61 Å². The lowest BCUT2D eigenvalue weighted by molar-refractivity contribution is 0.0185. The van der Waals surface area contributed by atoms with Crippen molar-refractivity contribution in [2.45, 2.75) is 31.9 Å². The Labute approximate surface area is 97.0 Å². The maximum Gasteiger partial charge on any atom is 0.0810 e. The van der Waals surface area contributed by atoms with Crippen molar-refractivity contribution in [2.24, 2.45) is 11.8 Å². The minimum Gasteiger partial charge on any atom is -0.376 e. The number of rotatable bonds is 6. The number of hydrazine groups is 1. The molecule has 0 amide bonds. The molecule has 1 saturated carbocycles. The molecule has 1 fully saturated rings. The standard InChI is InChI=1S/C13H20N2O/c1-2-16-13(11-8-9-11)12(15-14)10-6-4-3-5-7-10/h3-7,11-13,15H,2,8-9,14H2,1H3. The van der Waals surface area contributed by atoms with Crippen LogP contribution in [0.2, 0.25) is 0 Å². The summed E-state index contributed by atoms with van der Waals surface area (Å²) in [4.78, 5) is 0. The zero-order chi connectivity index (χ0) is 11.4. The van der Waals surface area contributed by atoms with Crippen LogP contribution in [0.4, 0.5) is 0 Å². The molecule has 88 valence electrons. The summed E-state index contributed by atoms with van der Waals surface area (Å²) in [5.74, 6) is 6.34. The van der Waals surface area contributed by atoms with Crippen molar-refractivity contribution in [2.75, 3.05) is 6.61 Å². The Morgan fingerprint density at radius 3 is 2.56 bits per heavy atom. The van der Waals surface area contributed by atoms with Crippen LogP contribution in [0, 0.1) is 5.92 Å². The summed E-state index contributed by atoms with van der Waals surface area (Å²) in [5.41, 5.74) is 4.10. The fourth-order valence-corrected chi connectivity index (χ4v) is 2.16. The first-order valence-corrected chi connectivity index (χ1v) is 5.99. The molecule has 16 heavy (non-hydrogen) atoms. The third-order valence-corrected chi connectivity index (χ3v) is 3.11. The van der Waals surface area contributed by atoms with Crippen LogP contribution < -0.4 is 11.3 Å². The lowest BCUT2D eigenvalue weighted by atomic mass is 9.98. The summed E-state index contributed by atoms with van der Waals surface area (Å²) < 4.78 is 5.83. The molecule has 1 aliphatic rings. The second kappa shape index (κ2) is 5.43. The first kappa shape index (κ1) is 11.6. The van der Waals surface area contributed by atoms with Crippen LogP contribution in [0.1, 0.15) is 31.4 Å². The summed E-state index contributed by atoms with van der Waals surface area (Å²) in [6.45, 7) is 2.78. The summed E-state index contributed by atoms with van der Waals surface area (Å²) in [6, 6.07) is 10.4. The number of ether oxygens (including phenoxy) is 1. The molecule has 0 bridgehead atoms. The summed E-state index contributed by atoms with van der Waals surface area (Å²) in [6.07, 6.45) is 2.73. The molecule has 0 saturated heterocycles. The zero-order valence-corrected chi connectivity index (χ0v) is 9.73. The maximum absolute atomic E-state index is 5.83. The number of hydrogen-bond acceptors (Lipinski definition) is 3.